The fourth-order valence-electron chi connectivity index (χ4n) is 8.04. The summed E-state index contributed by atoms with van der Waals surface area (Å²) < 4.78 is 16.8. The van der Waals surface area contributed by atoms with E-state index in [-0.39, 0.29) is 31.1 Å². The van der Waals surface area contributed by atoms with Crippen LogP contribution in [-0.4, -0.2) is 37.2 Å². The highest BCUT2D eigenvalue weighted by atomic mass is 16.6. The number of ether oxygens (including phenoxy) is 3. The summed E-state index contributed by atoms with van der Waals surface area (Å²) in [4.78, 5) is 38.1. The predicted octanol–water partition coefficient (Wildman–Crippen LogP) is 21.2. The zero-order valence-electron chi connectivity index (χ0n) is 49.0. The molecule has 6 heteroatoms. The van der Waals surface area contributed by atoms with Gasteiger partial charge in [0.25, 0.3) is 0 Å². The van der Waals surface area contributed by atoms with Crippen molar-refractivity contribution >= 4 is 17.9 Å². The van der Waals surface area contributed by atoms with E-state index in [4.69, 9.17) is 14.2 Å². The molecule has 0 saturated heterocycles. The van der Waals surface area contributed by atoms with E-state index < -0.39 is 6.10 Å². The SMILES string of the molecule is CC/C=C\C/C=C\C/C=C\C/C=C\C/C=C\C/C=C\C/C=C\C/C=C\CCCCCCCCC(=O)OCC(COC(=O)CCCCCCCCCC)OC(=O)CCCCCCCC/C=C\C/C=C\C/C=C\C/C=C\CC. The van der Waals surface area contributed by atoms with Gasteiger partial charge in [-0.05, 0) is 122 Å². The lowest BCUT2D eigenvalue weighted by atomic mass is 10.1. The topological polar surface area (TPSA) is 78.9 Å². The molecular formula is C70H112O6. The molecule has 76 heavy (non-hydrogen) atoms. The van der Waals surface area contributed by atoms with Crippen molar-refractivity contribution in [3.05, 3.63) is 146 Å². The second kappa shape index (κ2) is 62.8. The van der Waals surface area contributed by atoms with Crippen LogP contribution in [0.3, 0.4) is 0 Å². The van der Waals surface area contributed by atoms with Gasteiger partial charge in [0.05, 0.1) is 0 Å². The molecule has 6 nitrogen and oxygen atoms in total. The molecule has 0 bridgehead atoms. The highest BCUT2D eigenvalue weighted by Crippen LogP contribution is 2.14. The maximum atomic E-state index is 12.8. The molecule has 0 fully saturated rings. The van der Waals surface area contributed by atoms with Crippen LogP contribution in [0.4, 0.5) is 0 Å². The number of carbonyl (C=O) groups is 3. The zero-order valence-corrected chi connectivity index (χ0v) is 49.0. The third-order valence-electron chi connectivity index (χ3n) is 12.6. The van der Waals surface area contributed by atoms with Crippen LogP contribution in [-0.2, 0) is 28.6 Å². The Kier molecular flexibility index (Phi) is 58.9. The second-order valence-corrected chi connectivity index (χ2v) is 19.9. The van der Waals surface area contributed by atoms with Crippen molar-refractivity contribution in [2.24, 2.45) is 0 Å². The van der Waals surface area contributed by atoms with Crippen molar-refractivity contribution in [3.8, 4) is 0 Å². The first-order valence-electron chi connectivity index (χ1n) is 30.8. The minimum atomic E-state index is -0.796. The maximum Gasteiger partial charge on any atom is 0.306 e. The molecule has 0 aromatic heterocycles. The Balaban J connectivity index is 4.27. The van der Waals surface area contributed by atoms with Gasteiger partial charge in [-0.1, -0.05) is 263 Å². The van der Waals surface area contributed by atoms with Gasteiger partial charge >= 0.3 is 17.9 Å². The first-order chi connectivity index (χ1) is 37.5. The van der Waals surface area contributed by atoms with E-state index in [2.05, 4.69) is 167 Å². The molecule has 0 aromatic rings. The molecule has 0 rings (SSSR count). The van der Waals surface area contributed by atoms with E-state index in [0.29, 0.717) is 19.3 Å². The molecule has 0 aliphatic carbocycles. The summed E-state index contributed by atoms with van der Waals surface area (Å²) in [5, 5.41) is 0. The van der Waals surface area contributed by atoms with E-state index in [1.807, 2.05) is 0 Å². The molecule has 1 unspecified atom stereocenters. The molecule has 0 heterocycles. The molecule has 0 aliphatic heterocycles. The number of carbonyl (C=O) groups excluding carboxylic acids is 3. The Morgan fingerprint density at radius 3 is 0.803 bits per heavy atom. The number of allylic oxidation sites excluding steroid dienone is 24. The monoisotopic (exact) mass is 1050 g/mol. The fourth-order valence-corrected chi connectivity index (χ4v) is 8.04. The van der Waals surface area contributed by atoms with E-state index in [0.717, 1.165) is 161 Å². The average molecular weight is 1050 g/mol. The van der Waals surface area contributed by atoms with Crippen molar-refractivity contribution < 1.29 is 28.6 Å². The van der Waals surface area contributed by atoms with Crippen LogP contribution in [0.1, 0.15) is 258 Å². The molecule has 428 valence electrons. The van der Waals surface area contributed by atoms with Crippen LogP contribution in [0.2, 0.25) is 0 Å². The van der Waals surface area contributed by atoms with Crippen molar-refractivity contribution in [1.29, 1.82) is 0 Å². The summed E-state index contributed by atoms with van der Waals surface area (Å²) in [7, 11) is 0. The highest BCUT2D eigenvalue weighted by Gasteiger charge is 2.19. The molecule has 0 spiro atoms. The first kappa shape index (κ1) is 71.3. The van der Waals surface area contributed by atoms with Gasteiger partial charge in [0.15, 0.2) is 6.10 Å². The third-order valence-corrected chi connectivity index (χ3v) is 12.6. The van der Waals surface area contributed by atoms with Crippen LogP contribution >= 0.6 is 0 Å². The van der Waals surface area contributed by atoms with Gasteiger partial charge in [-0.3, -0.25) is 14.4 Å². The third kappa shape index (κ3) is 60.2. The maximum absolute atomic E-state index is 12.8. The van der Waals surface area contributed by atoms with E-state index in [1.54, 1.807) is 0 Å². The van der Waals surface area contributed by atoms with E-state index in [1.165, 1.54) is 57.8 Å². The van der Waals surface area contributed by atoms with Crippen LogP contribution in [0.15, 0.2) is 146 Å². The van der Waals surface area contributed by atoms with Crippen molar-refractivity contribution in [1.82, 2.24) is 0 Å². The van der Waals surface area contributed by atoms with Crippen molar-refractivity contribution in [3.63, 3.8) is 0 Å². The number of unbranched alkanes of at least 4 members (excludes halogenated alkanes) is 19. The molecule has 0 saturated carbocycles. The summed E-state index contributed by atoms with van der Waals surface area (Å²) in [5.41, 5.74) is 0. The van der Waals surface area contributed by atoms with Gasteiger partial charge in [0.1, 0.15) is 13.2 Å². The fraction of sp³-hybridized carbons (Fsp3) is 0.614. The number of hydrogen-bond donors (Lipinski definition) is 0. The Hall–Kier alpha value is -4.71. The van der Waals surface area contributed by atoms with Gasteiger partial charge in [-0.2, -0.15) is 0 Å². The molecule has 0 aliphatic rings. The molecular weight excluding hydrogens is 937 g/mol. The largest absolute Gasteiger partial charge is 0.462 e. The average Bonchev–Trinajstić information content (AvgIpc) is 3.42. The van der Waals surface area contributed by atoms with Crippen molar-refractivity contribution in [2.45, 2.75) is 264 Å². The Bertz CT molecular complexity index is 1680. The quantitative estimate of drug-likeness (QED) is 0.0261. The number of hydrogen-bond acceptors (Lipinski definition) is 6. The lowest BCUT2D eigenvalue weighted by Crippen LogP contribution is -2.30. The summed E-state index contributed by atoms with van der Waals surface area (Å²) in [5.74, 6) is -0.929. The van der Waals surface area contributed by atoms with E-state index >= 15 is 0 Å². The van der Waals surface area contributed by atoms with Gasteiger partial charge in [0, 0.05) is 19.3 Å². The Morgan fingerprint density at radius 1 is 0.276 bits per heavy atom. The Labute approximate surface area is 467 Å². The minimum absolute atomic E-state index is 0.0922. The summed E-state index contributed by atoms with van der Waals surface area (Å²) >= 11 is 0. The first-order valence-corrected chi connectivity index (χ1v) is 30.8. The lowest BCUT2D eigenvalue weighted by Gasteiger charge is -2.18. The Morgan fingerprint density at radius 2 is 0.513 bits per heavy atom. The van der Waals surface area contributed by atoms with Crippen LogP contribution in [0, 0.1) is 0 Å². The molecule has 0 aromatic carbocycles. The van der Waals surface area contributed by atoms with Crippen LogP contribution in [0.25, 0.3) is 0 Å². The van der Waals surface area contributed by atoms with Gasteiger partial charge < -0.3 is 14.2 Å². The summed E-state index contributed by atoms with van der Waals surface area (Å²) in [6.07, 6.45) is 90.0. The van der Waals surface area contributed by atoms with Gasteiger partial charge in [0.2, 0.25) is 0 Å². The van der Waals surface area contributed by atoms with Crippen LogP contribution < -0.4 is 0 Å². The second-order valence-electron chi connectivity index (χ2n) is 19.9. The lowest BCUT2D eigenvalue weighted by molar-refractivity contribution is -0.167. The standard InChI is InChI=1S/C70H112O6/c1-4-7-10-13-16-19-21-23-25-27-29-30-31-32-33-34-35-36-37-38-39-40-42-43-45-47-49-51-54-57-60-63-69(72)75-66-67(65-74-68(71)62-59-56-53-18-15-12-9-6-3)76-70(73)64-61-58-55-52-50-48-46-44-41-28-26-24-22-20-17-14-11-8-5-2/h7-8,10-11,16-17,19-20,23-26,29-30,32-33,35-36,38-39,41-44,67H,4-6,9,12-15,18,21-22,27-28,31,34,37,40,45-66H2,1-3H3/b10-7-,11-8-,19-16-,20-17-,25-23-,26-24-,30-29-,33-32-,36-35-,39-38-,43-42-,44-41-. The number of rotatable bonds is 54. The minimum Gasteiger partial charge on any atom is -0.462 e. The summed E-state index contributed by atoms with van der Waals surface area (Å²) in [6, 6.07) is 0. The molecule has 0 radical (unpaired) electrons. The van der Waals surface area contributed by atoms with Gasteiger partial charge in [-0.25, -0.2) is 0 Å². The molecule has 1 atom stereocenters. The van der Waals surface area contributed by atoms with Crippen LogP contribution in [0.5, 0.6) is 0 Å². The predicted molar refractivity (Wildman–Crippen MR) is 329 cm³/mol. The zero-order chi connectivity index (χ0) is 55.0. The smallest absolute Gasteiger partial charge is 0.306 e. The normalized spacial score (nSPS) is 13.1. The number of esters is 3. The van der Waals surface area contributed by atoms with Gasteiger partial charge in [-0.15, -0.1) is 0 Å². The molecule has 0 amide bonds. The summed E-state index contributed by atoms with van der Waals surface area (Å²) in [6.45, 7) is 6.35. The molecule has 0 N–H and O–H groups in total. The van der Waals surface area contributed by atoms with E-state index in [9.17, 15) is 14.4 Å². The highest BCUT2D eigenvalue weighted by molar-refractivity contribution is 5.71. The van der Waals surface area contributed by atoms with Crippen molar-refractivity contribution in [2.75, 3.05) is 13.2 Å².